The Morgan fingerprint density at radius 2 is 1.78 bits per heavy atom. The van der Waals surface area contributed by atoms with Crippen LogP contribution in [0.4, 0.5) is 10.1 Å². The first-order chi connectivity index (χ1) is 13.1. The van der Waals surface area contributed by atoms with E-state index in [1.54, 1.807) is 23.1 Å². The summed E-state index contributed by atoms with van der Waals surface area (Å²) in [6.45, 7) is 1.01. The van der Waals surface area contributed by atoms with E-state index in [1.165, 1.54) is 6.07 Å². The minimum atomic E-state index is -0.348. The Kier molecular flexibility index (Phi) is 4.62. The molecule has 0 bridgehead atoms. The highest BCUT2D eigenvalue weighted by molar-refractivity contribution is 5.98. The Bertz CT molecular complexity index is 976. The van der Waals surface area contributed by atoms with Crippen LogP contribution in [0.3, 0.4) is 0 Å². The van der Waals surface area contributed by atoms with Crippen LogP contribution in [0, 0.1) is 11.7 Å². The maximum Gasteiger partial charge on any atom is 0.270 e. The van der Waals surface area contributed by atoms with Gasteiger partial charge >= 0.3 is 0 Å². The average Bonchev–Trinajstić information content (AvgIpc) is 3.14. The van der Waals surface area contributed by atoms with Crippen molar-refractivity contribution >= 4 is 28.4 Å². The zero-order valence-corrected chi connectivity index (χ0v) is 14.7. The van der Waals surface area contributed by atoms with Gasteiger partial charge in [0, 0.05) is 35.6 Å². The Hall–Kier alpha value is -3.15. The number of anilines is 1. The van der Waals surface area contributed by atoms with Gasteiger partial charge in [0.1, 0.15) is 11.5 Å². The van der Waals surface area contributed by atoms with Gasteiger partial charge in [0.25, 0.3) is 5.91 Å². The summed E-state index contributed by atoms with van der Waals surface area (Å²) in [7, 11) is 0. The van der Waals surface area contributed by atoms with Gasteiger partial charge < -0.3 is 15.2 Å². The third kappa shape index (κ3) is 3.56. The number of aromatic amines is 1. The van der Waals surface area contributed by atoms with Crippen LogP contribution in [0.5, 0.6) is 0 Å². The topological polar surface area (TPSA) is 65.2 Å². The molecule has 0 unspecified atom stereocenters. The number of benzene rings is 2. The second kappa shape index (κ2) is 7.23. The number of rotatable bonds is 3. The zero-order valence-electron chi connectivity index (χ0n) is 14.7. The SMILES string of the molecule is O=C(Nc1ccccc1)C1CCN(C(=O)c2cc3c(F)cccc3[nH]2)CC1. The highest BCUT2D eigenvalue weighted by atomic mass is 19.1. The summed E-state index contributed by atoms with van der Waals surface area (Å²) in [4.78, 5) is 29.8. The molecule has 0 radical (unpaired) electrons. The quantitative estimate of drug-likeness (QED) is 0.741. The van der Waals surface area contributed by atoms with Gasteiger partial charge in [0.05, 0.1) is 0 Å². The summed E-state index contributed by atoms with van der Waals surface area (Å²) in [5.41, 5.74) is 1.76. The van der Waals surface area contributed by atoms with Crippen molar-refractivity contribution in [1.29, 1.82) is 0 Å². The fourth-order valence-corrected chi connectivity index (χ4v) is 3.51. The van der Waals surface area contributed by atoms with E-state index in [4.69, 9.17) is 0 Å². The van der Waals surface area contributed by atoms with Gasteiger partial charge in [-0.1, -0.05) is 24.3 Å². The first kappa shape index (κ1) is 17.3. The van der Waals surface area contributed by atoms with Gasteiger partial charge in [-0.15, -0.1) is 0 Å². The van der Waals surface area contributed by atoms with Crippen LogP contribution in [0.15, 0.2) is 54.6 Å². The molecule has 0 aliphatic carbocycles. The second-order valence-electron chi connectivity index (χ2n) is 6.81. The number of likely N-dealkylation sites (tertiary alicyclic amines) is 1. The van der Waals surface area contributed by atoms with Crippen molar-refractivity contribution in [1.82, 2.24) is 9.88 Å². The van der Waals surface area contributed by atoms with Crippen LogP contribution in [0.25, 0.3) is 10.9 Å². The number of H-pyrrole nitrogens is 1. The molecular weight excluding hydrogens is 345 g/mol. The largest absolute Gasteiger partial charge is 0.350 e. The van der Waals surface area contributed by atoms with Crippen LogP contribution < -0.4 is 5.32 Å². The van der Waals surface area contributed by atoms with Crippen molar-refractivity contribution in [2.24, 2.45) is 5.92 Å². The summed E-state index contributed by atoms with van der Waals surface area (Å²) in [6, 6.07) is 15.6. The molecule has 1 aliphatic rings. The summed E-state index contributed by atoms with van der Waals surface area (Å²) in [5.74, 6) is -0.637. The van der Waals surface area contributed by atoms with E-state index in [0.717, 1.165) is 5.69 Å². The molecular formula is C21H20FN3O2. The molecule has 1 fully saturated rings. The Morgan fingerprint density at radius 3 is 2.48 bits per heavy atom. The molecule has 0 atom stereocenters. The molecule has 27 heavy (non-hydrogen) atoms. The van der Waals surface area contributed by atoms with Gasteiger partial charge in [-0.05, 0) is 43.2 Å². The van der Waals surface area contributed by atoms with E-state index in [1.807, 2.05) is 30.3 Å². The van der Waals surface area contributed by atoms with E-state index >= 15 is 0 Å². The number of hydrogen-bond acceptors (Lipinski definition) is 2. The Labute approximate surface area is 156 Å². The molecule has 1 saturated heterocycles. The summed E-state index contributed by atoms with van der Waals surface area (Å²) >= 11 is 0. The van der Waals surface area contributed by atoms with Gasteiger partial charge in [-0.3, -0.25) is 9.59 Å². The lowest BCUT2D eigenvalue weighted by atomic mass is 9.95. The van der Waals surface area contributed by atoms with E-state index in [9.17, 15) is 14.0 Å². The van der Waals surface area contributed by atoms with E-state index in [0.29, 0.717) is 42.5 Å². The smallest absolute Gasteiger partial charge is 0.270 e. The normalized spacial score (nSPS) is 15.1. The number of para-hydroxylation sites is 1. The first-order valence-electron chi connectivity index (χ1n) is 9.04. The standard InChI is InChI=1S/C21H20FN3O2/c22-17-7-4-8-18-16(17)13-19(24-18)21(27)25-11-9-14(10-12-25)20(26)23-15-5-2-1-3-6-15/h1-8,13-14,24H,9-12H2,(H,23,26). The Balaban J connectivity index is 1.39. The summed E-state index contributed by atoms with van der Waals surface area (Å²) in [5, 5.41) is 3.34. The number of fused-ring (bicyclic) bond motifs is 1. The fraction of sp³-hybridized carbons (Fsp3) is 0.238. The van der Waals surface area contributed by atoms with Crippen molar-refractivity contribution < 1.29 is 14.0 Å². The lowest BCUT2D eigenvalue weighted by Gasteiger charge is -2.31. The maximum atomic E-state index is 13.8. The highest BCUT2D eigenvalue weighted by Crippen LogP contribution is 2.23. The van der Waals surface area contributed by atoms with Gasteiger partial charge in [-0.25, -0.2) is 4.39 Å². The molecule has 0 saturated carbocycles. The number of carbonyl (C=O) groups is 2. The van der Waals surface area contributed by atoms with Crippen LogP contribution in [0.2, 0.25) is 0 Å². The maximum absolute atomic E-state index is 13.8. The minimum absolute atomic E-state index is 0.0130. The lowest BCUT2D eigenvalue weighted by Crippen LogP contribution is -2.41. The fourth-order valence-electron chi connectivity index (χ4n) is 3.51. The number of hydrogen-bond donors (Lipinski definition) is 2. The molecule has 3 aromatic rings. The van der Waals surface area contributed by atoms with Crippen LogP contribution in [0.1, 0.15) is 23.3 Å². The summed E-state index contributed by atoms with van der Waals surface area (Å²) < 4.78 is 13.8. The molecule has 2 amide bonds. The van der Waals surface area contributed by atoms with Crippen LogP contribution in [-0.4, -0.2) is 34.8 Å². The van der Waals surface area contributed by atoms with E-state index in [2.05, 4.69) is 10.3 Å². The van der Waals surface area contributed by atoms with Crippen molar-refractivity contribution in [3.63, 3.8) is 0 Å². The van der Waals surface area contributed by atoms with E-state index < -0.39 is 0 Å². The Morgan fingerprint density at radius 1 is 1.04 bits per heavy atom. The first-order valence-corrected chi connectivity index (χ1v) is 9.04. The summed E-state index contributed by atoms with van der Waals surface area (Å²) in [6.07, 6.45) is 1.22. The van der Waals surface area contributed by atoms with E-state index in [-0.39, 0.29) is 23.5 Å². The highest BCUT2D eigenvalue weighted by Gasteiger charge is 2.28. The van der Waals surface area contributed by atoms with Crippen LogP contribution in [-0.2, 0) is 4.79 Å². The number of carbonyl (C=O) groups excluding carboxylic acids is 2. The molecule has 5 nitrogen and oxygen atoms in total. The molecule has 1 aromatic heterocycles. The minimum Gasteiger partial charge on any atom is -0.350 e. The lowest BCUT2D eigenvalue weighted by molar-refractivity contribution is -0.121. The van der Waals surface area contributed by atoms with Crippen molar-refractivity contribution in [2.75, 3.05) is 18.4 Å². The number of amides is 2. The molecule has 2 N–H and O–H groups in total. The van der Waals surface area contributed by atoms with Gasteiger partial charge in [-0.2, -0.15) is 0 Å². The number of piperidine rings is 1. The molecule has 2 heterocycles. The number of halogens is 1. The number of nitrogens with one attached hydrogen (secondary N) is 2. The predicted octanol–water partition coefficient (Wildman–Crippen LogP) is 3.80. The predicted molar refractivity (Wildman–Crippen MR) is 102 cm³/mol. The molecule has 0 spiro atoms. The third-order valence-electron chi connectivity index (χ3n) is 5.04. The molecule has 6 heteroatoms. The number of nitrogens with zero attached hydrogens (tertiary/aromatic N) is 1. The van der Waals surface area contributed by atoms with Crippen molar-refractivity contribution in [2.45, 2.75) is 12.8 Å². The second-order valence-corrected chi connectivity index (χ2v) is 6.81. The van der Waals surface area contributed by atoms with Gasteiger partial charge in [0.15, 0.2) is 0 Å². The monoisotopic (exact) mass is 365 g/mol. The zero-order chi connectivity index (χ0) is 18.8. The average molecular weight is 365 g/mol. The van der Waals surface area contributed by atoms with Crippen molar-refractivity contribution in [3.05, 3.63) is 66.1 Å². The van der Waals surface area contributed by atoms with Crippen molar-refractivity contribution in [3.8, 4) is 0 Å². The third-order valence-corrected chi connectivity index (χ3v) is 5.04. The molecule has 2 aromatic carbocycles. The van der Waals surface area contributed by atoms with Gasteiger partial charge in [0.2, 0.25) is 5.91 Å². The molecule has 4 rings (SSSR count). The molecule has 1 aliphatic heterocycles. The van der Waals surface area contributed by atoms with Crippen LogP contribution >= 0.6 is 0 Å². The number of aromatic nitrogens is 1. The molecule has 138 valence electrons.